The molecule has 0 saturated carbocycles. The highest BCUT2D eigenvalue weighted by molar-refractivity contribution is 7.11. The van der Waals surface area contributed by atoms with Crippen molar-refractivity contribution >= 4 is 46.1 Å². The molecule has 0 saturated heterocycles. The molecular formula is C19H13ClF3N3O2S. The number of halogens is 4. The van der Waals surface area contributed by atoms with Crippen molar-refractivity contribution in [2.24, 2.45) is 0 Å². The maximum Gasteiger partial charge on any atom is 0.417 e. The molecule has 0 spiro atoms. The number of aromatic nitrogens is 1. The summed E-state index contributed by atoms with van der Waals surface area (Å²) in [5, 5.41) is 4.75. The zero-order valence-electron chi connectivity index (χ0n) is 14.8. The topological polar surface area (TPSA) is 71.1 Å². The van der Waals surface area contributed by atoms with Crippen LogP contribution >= 0.6 is 22.9 Å². The minimum atomic E-state index is -4.68. The molecule has 0 atom stereocenters. The third-order valence-electron chi connectivity index (χ3n) is 3.93. The van der Waals surface area contributed by atoms with Gasteiger partial charge in [0, 0.05) is 16.9 Å². The number of alkyl halides is 3. The fourth-order valence-corrected chi connectivity index (χ4v) is 3.17. The van der Waals surface area contributed by atoms with E-state index in [2.05, 4.69) is 15.6 Å². The second-order valence-electron chi connectivity index (χ2n) is 6.00. The standard InChI is InChI=1S/C19H13ClF3N3O2S/c1-10-2-4-12(7-15(10)26-18(28)16-8-24-9-29-16)25-17(27)11-3-5-14(20)13(6-11)19(21,22)23/h2-9H,1H3,(H,25,27)(H,26,28). The lowest BCUT2D eigenvalue weighted by Crippen LogP contribution is -2.15. The zero-order valence-corrected chi connectivity index (χ0v) is 16.4. The average Bonchev–Trinajstić information content (AvgIpc) is 3.18. The molecule has 10 heteroatoms. The lowest BCUT2D eigenvalue weighted by atomic mass is 10.1. The van der Waals surface area contributed by atoms with Gasteiger partial charge in [-0.15, -0.1) is 11.3 Å². The molecule has 0 aliphatic rings. The van der Waals surface area contributed by atoms with Gasteiger partial charge in [-0.3, -0.25) is 14.6 Å². The van der Waals surface area contributed by atoms with Crippen LogP contribution < -0.4 is 10.6 Å². The first-order valence-electron chi connectivity index (χ1n) is 8.14. The highest BCUT2D eigenvalue weighted by Gasteiger charge is 2.33. The van der Waals surface area contributed by atoms with Crippen LogP contribution in [0.15, 0.2) is 48.1 Å². The second kappa shape index (κ2) is 8.22. The summed E-state index contributed by atoms with van der Waals surface area (Å²) in [5.74, 6) is -1.10. The SMILES string of the molecule is Cc1ccc(NC(=O)c2ccc(Cl)c(C(F)(F)F)c2)cc1NC(=O)c1cncs1. The number of amides is 2. The third-order valence-corrected chi connectivity index (χ3v) is 5.04. The summed E-state index contributed by atoms with van der Waals surface area (Å²) >= 11 is 6.76. The lowest BCUT2D eigenvalue weighted by molar-refractivity contribution is -0.137. The predicted octanol–water partition coefficient (Wildman–Crippen LogP) is 5.63. The summed E-state index contributed by atoms with van der Waals surface area (Å²) in [6, 6.07) is 7.69. The van der Waals surface area contributed by atoms with E-state index in [4.69, 9.17) is 11.6 Å². The van der Waals surface area contributed by atoms with Crippen molar-refractivity contribution in [1.29, 1.82) is 0 Å². The number of aryl methyl sites for hydroxylation is 1. The van der Waals surface area contributed by atoms with E-state index in [1.54, 1.807) is 19.1 Å². The number of benzene rings is 2. The van der Waals surface area contributed by atoms with Crippen molar-refractivity contribution in [1.82, 2.24) is 4.98 Å². The summed E-state index contributed by atoms with van der Waals surface area (Å²) < 4.78 is 39.0. The number of hydrogen-bond donors (Lipinski definition) is 2. The summed E-state index contributed by atoms with van der Waals surface area (Å²) in [7, 11) is 0. The van der Waals surface area contributed by atoms with Gasteiger partial charge in [0.15, 0.2) is 0 Å². The maximum atomic E-state index is 13.0. The van der Waals surface area contributed by atoms with Crippen molar-refractivity contribution < 1.29 is 22.8 Å². The fraction of sp³-hybridized carbons (Fsp3) is 0.105. The van der Waals surface area contributed by atoms with E-state index in [9.17, 15) is 22.8 Å². The molecular weight excluding hydrogens is 427 g/mol. The number of carbonyl (C=O) groups is 2. The molecule has 0 aliphatic carbocycles. The predicted molar refractivity (Wildman–Crippen MR) is 106 cm³/mol. The van der Waals surface area contributed by atoms with E-state index in [1.807, 2.05) is 0 Å². The number of anilines is 2. The molecule has 0 bridgehead atoms. The highest BCUT2D eigenvalue weighted by atomic mass is 35.5. The lowest BCUT2D eigenvalue weighted by Gasteiger charge is -2.13. The minimum Gasteiger partial charge on any atom is -0.322 e. The van der Waals surface area contributed by atoms with Crippen LogP contribution in [0.4, 0.5) is 24.5 Å². The van der Waals surface area contributed by atoms with Gasteiger partial charge in [0.05, 0.1) is 22.3 Å². The monoisotopic (exact) mass is 439 g/mol. The van der Waals surface area contributed by atoms with Crippen LogP contribution in [0.2, 0.25) is 5.02 Å². The smallest absolute Gasteiger partial charge is 0.322 e. The molecule has 3 aromatic rings. The number of rotatable bonds is 4. The quantitative estimate of drug-likeness (QED) is 0.553. The Bertz CT molecular complexity index is 1070. The molecule has 3 rings (SSSR count). The van der Waals surface area contributed by atoms with E-state index in [0.29, 0.717) is 22.3 Å². The Morgan fingerprint density at radius 3 is 2.48 bits per heavy atom. The molecule has 0 unspecified atom stereocenters. The van der Waals surface area contributed by atoms with Gasteiger partial charge in [0.1, 0.15) is 4.88 Å². The van der Waals surface area contributed by atoms with E-state index in [1.165, 1.54) is 35.2 Å². The summed E-state index contributed by atoms with van der Waals surface area (Å²) in [6.07, 6.45) is -3.24. The molecule has 5 nitrogen and oxygen atoms in total. The van der Waals surface area contributed by atoms with Crippen LogP contribution in [0.25, 0.3) is 0 Å². The van der Waals surface area contributed by atoms with Crippen molar-refractivity contribution in [2.75, 3.05) is 10.6 Å². The Hall–Kier alpha value is -2.91. The van der Waals surface area contributed by atoms with E-state index >= 15 is 0 Å². The number of nitrogens with one attached hydrogen (secondary N) is 2. The van der Waals surface area contributed by atoms with E-state index in [-0.39, 0.29) is 11.5 Å². The van der Waals surface area contributed by atoms with Crippen LogP contribution in [0.5, 0.6) is 0 Å². The summed E-state index contributed by atoms with van der Waals surface area (Å²) in [6.45, 7) is 1.77. The van der Waals surface area contributed by atoms with Gasteiger partial charge in [0.25, 0.3) is 11.8 Å². The van der Waals surface area contributed by atoms with Crippen LogP contribution in [-0.2, 0) is 6.18 Å². The van der Waals surface area contributed by atoms with Crippen molar-refractivity contribution in [3.05, 3.63) is 74.7 Å². The molecule has 0 radical (unpaired) electrons. The van der Waals surface area contributed by atoms with Crippen molar-refractivity contribution in [3.63, 3.8) is 0 Å². The number of nitrogens with zero attached hydrogens (tertiary/aromatic N) is 1. The molecule has 1 heterocycles. The fourth-order valence-electron chi connectivity index (χ4n) is 2.43. The zero-order chi connectivity index (χ0) is 21.2. The molecule has 2 N–H and O–H groups in total. The van der Waals surface area contributed by atoms with Gasteiger partial charge in [-0.2, -0.15) is 13.2 Å². The molecule has 29 heavy (non-hydrogen) atoms. The van der Waals surface area contributed by atoms with Crippen LogP contribution in [0.1, 0.15) is 31.2 Å². The van der Waals surface area contributed by atoms with Gasteiger partial charge in [-0.25, -0.2) is 0 Å². The molecule has 2 aromatic carbocycles. The molecule has 2 amide bonds. The Labute approximate surface area is 172 Å². The molecule has 1 aromatic heterocycles. The van der Waals surface area contributed by atoms with Gasteiger partial charge < -0.3 is 10.6 Å². The largest absolute Gasteiger partial charge is 0.417 e. The Balaban J connectivity index is 1.80. The number of thiazole rings is 1. The van der Waals surface area contributed by atoms with Gasteiger partial charge >= 0.3 is 6.18 Å². The summed E-state index contributed by atoms with van der Waals surface area (Å²) in [5.41, 5.74) is 1.74. The first kappa shape index (κ1) is 20.8. The Morgan fingerprint density at radius 1 is 1.07 bits per heavy atom. The van der Waals surface area contributed by atoms with Crippen LogP contribution in [-0.4, -0.2) is 16.8 Å². The van der Waals surface area contributed by atoms with Crippen molar-refractivity contribution in [3.8, 4) is 0 Å². The second-order valence-corrected chi connectivity index (χ2v) is 7.29. The maximum absolute atomic E-state index is 13.0. The van der Waals surface area contributed by atoms with Crippen LogP contribution in [0, 0.1) is 6.92 Å². The van der Waals surface area contributed by atoms with E-state index in [0.717, 1.165) is 11.6 Å². The Morgan fingerprint density at radius 2 is 1.83 bits per heavy atom. The van der Waals surface area contributed by atoms with Gasteiger partial charge in [-0.05, 0) is 42.8 Å². The molecule has 0 fully saturated rings. The van der Waals surface area contributed by atoms with Gasteiger partial charge in [-0.1, -0.05) is 17.7 Å². The third kappa shape index (κ3) is 4.93. The number of hydrogen-bond acceptors (Lipinski definition) is 4. The van der Waals surface area contributed by atoms with Gasteiger partial charge in [0.2, 0.25) is 0 Å². The normalized spacial score (nSPS) is 11.2. The number of carbonyl (C=O) groups excluding carboxylic acids is 2. The summed E-state index contributed by atoms with van der Waals surface area (Å²) in [4.78, 5) is 28.8. The minimum absolute atomic E-state index is 0.197. The average molecular weight is 440 g/mol. The Kier molecular flexibility index (Phi) is 5.90. The van der Waals surface area contributed by atoms with Crippen molar-refractivity contribution in [2.45, 2.75) is 13.1 Å². The molecule has 0 aliphatic heterocycles. The highest BCUT2D eigenvalue weighted by Crippen LogP contribution is 2.35. The van der Waals surface area contributed by atoms with Crippen LogP contribution in [0.3, 0.4) is 0 Å². The first-order chi connectivity index (χ1) is 13.6. The first-order valence-corrected chi connectivity index (χ1v) is 9.39. The molecule has 150 valence electrons. The van der Waals surface area contributed by atoms with E-state index < -0.39 is 22.7 Å².